The van der Waals surface area contributed by atoms with Crippen molar-refractivity contribution in [3.8, 4) is 5.75 Å². The van der Waals surface area contributed by atoms with Crippen LogP contribution in [0.5, 0.6) is 5.75 Å². The van der Waals surface area contributed by atoms with Gasteiger partial charge in [0, 0.05) is 42.8 Å². The number of aliphatic imine (C=N–C) groups is 1. The maximum Gasteiger partial charge on any atom is 0.191 e. The van der Waals surface area contributed by atoms with Gasteiger partial charge in [-0.05, 0) is 38.8 Å². The smallest absolute Gasteiger partial charge is 0.191 e. The first-order chi connectivity index (χ1) is 13.0. The number of ether oxygens (including phenoxy) is 2. The lowest BCUT2D eigenvalue weighted by Crippen LogP contribution is -2.46. The molecule has 0 spiro atoms. The first kappa shape index (κ1) is 23.2. The minimum absolute atomic E-state index is 0. The van der Waals surface area contributed by atoms with Gasteiger partial charge < -0.3 is 20.1 Å². The van der Waals surface area contributed by atoms with Gasteiger partial charge in [0.1, 0.15) is 11.6 Å². The van der Waals surface area contributed by atoms with Gasteiger partial charge in [-0.1, -0.05) is 6.92 Å². The third-order valence-electron chi connectivity index (χ3n) is 5.20. The number of nitrogens with zero attached hydrogens (tertiary/aromatic N) is 2. The van der Waals surface area contributed by atoms with Gasteiger partial charge >= 0.3 is 0 Å². The van der Waals surface area contributed by atoms with Crippen molar-refractivity contribution in [2.75, 3.05) is 26.4 Å². The Bertz CT molecular complexity index is 686. The lowest BCUT2D eigenvalue weighted by atomic mass is 10.1. The second-order valence-electron chi connectivity index (χ2n) is 7.63. The number of halogens is 2. The van der Waals surface area contributed by atoms with E-state index in [9.17, 15) is 4.39 Å². The Morgan fingerprint density at radius 3 is 2.82 bits per heavy atom. The van der Waals surface area contributed by atoms with Crippen LogP contribution in [0.25, 0.3) is 0 Å². The number of rotatable bonds is 5. The Hall–Kier alpha value is -1.13. The van der Waals surface area contributed by atoms with Crippen molar-refractivity contribution in [2.45, 2.75) is 52.9 Å². The molecule has 2 aliphatic rings. The quantitative estimate of drug-likeness (QED) is 0.365. The molecular weight excluding hydrogens is 474 g/mol. The highest BCUT2D eigenvalue weighted by atomic mass is 127. The third-order valence-corrected chi connectivity index (χ3v) is 5.20. The van der Waals surface area contributed by atoms with Crippen LogP contribution in [0.1, 0.15) is 38.8 Å². The lowest BCUT2D eigenvalue weighted by molar-refractivity contribution is -0.0172. The molecule has 2 heterocycles. The molecule has 2 N–H and O–H groups in total. The molecule has 28 heavy (non-hydrogen) atoms. The van der Waals surface area contributed by atoms with E-state index in [-0.39, 0.29) is 36.6 Å². The van der Waals surface area contributed by atoms with Crippen molar-refractivity contribution in [1.29, 1.82) is 0 Å². The third kappa shape index (κ3) is 5.70. The van der Waals surface area contributed by atoms with E-state index in [1.807, 2.05) is 6.92 Å². The summed E-state index contributed by atoms with van der Waals surface area (Å²) in [6.45, 7) is 12.5. The van der Waals surface area contributed by atoms with E-state index in [1.165, 1.54) is 12.1 Å². The first-order valence-electron chi connectivity index (χ1n) is 9.78. The normalized spacial score (nSPS) is 22.4. The second-order valence-corrected chi connectivity index (χ2v) is 7.63. The number of hydrogen-bond donors (Lipinski definition) is 2. The monoisotopic (exact) mass is 506 g/mol. The fourth-order valence-electron chi connectivity index (χ4n) is 3.65. The van der Waals surface area contributed by atoms with Crippen molar-refractivity contribution in [2.24, 2.45) is 10.9 Å². The number of fused-ring (bicyclic) bond motifs is 1. The molecule has 0 amide bonds. The summed E-state index contributed by atoms with van der Waals surface area (Å²) >= 11 is 0. The van der Waals surface area contributed by atoms with E-state index in [0.29, 0.717) is 36.9 Å². The van der Waals surface area contributed by atoms with Gasteiger partial charge in [0.25, 0.3) is 0 Å². The summed E-state index contributed by atoms with van der Waals surface area (Å²) in [4.78, 5) is 7.16. The van der Waals surface area contributed by atoms with Gasteiger partial charge in [-0.25, -0.2) is 9.38 Å². The molecule has 1 aromatic rings. The van der Waals surface area contributed by atoms with E-state index in [0.717, 1.165) is 36.7 Å². The molecule has 8 heteroatoms. The van der Waals surface area contributed by atoms with Gasteiger partial charge in [-0.15, -0.1) is 24.0 Å². The average Bonchev–Trinajstić information content (AvgIpc) is 3.00. The Morgan fingerprint density at radius 2 is 2.14 bits per heavy atom. The largest absolute Gasteiger partial charge is 0.467 e. The summed E-state index contributed by atoms with van der Waals surface area (Å²) in [6.07, 6.45) is 0. The molecule has 2 unspecified atom stereocenters. The highest BCUT2D eigenvalue weighted by Crippen LogP contribution is 2.30. The minimum Gasteiger partial charge on any atom is -0.467 e. The van der Waals surface area contributed by atoms with Crippen LogP contribution in [-0.2, 0) is 17.9 Å². The van der Waals surface area contributed by atoms with Gasteiger partial charge in [0.15, 0.2) is 12.8 Å². The number of hydrogen-bond acceptors (Lipinski definition) is 4. The van der Waals surface area contributed by atoms with Crippen molar-refractivity contribution in [3.63, 3.8) is 0 Å². The number of nitrogens with one attached hydrogen (secondary N) is 2. The molecule has 1 fully saturated rings. The molecule has 0 bridgehead atoms. The summed E-state index contributed by atoms with van der Waals surface area (Å²) < 4.78 is 24.8. The summed E-state index contributed by atoms with van der Waals surface area (Å²) in [6, 6.07) is 3.84. The SMILES string of the molecule is CCNC(=NCc1cc(F)cc2c1OCOC2)NC1CN(C(C)C)CC1C.I. The zero-order valence-electron chi connectivity index (χ0n) is 17.1. The molecule has 1 saturated heterocycles. The van der Waals surface area contributed by atoms with Crippen molar-refractivity contribution >= 4 is 29.9 Å². The summed E-state index contributed by atoms with van der Waals surface area (Å²) in [5, 5.41) is 6.85. The number of guanidine groups is 1. The van der Waals surface area contributed by atoms with Crippen LogP contribution in [0.4, 0.5) is 4.39 Å². The van der Waals surface area contributed by atoms with Crippen LogP contribution >= 0.6 is 24.0 Å². The number of likely N-dealkylation sites (tertiary alicyclic amines) is 1. The molecule has 0 saturated carbocycles. The molecule has 1 aromatic carbocycles. The van der Waals surface area contributed by atoms with E-state index >= 15 is 0 Å². The summed E-state index contributed by atoms with van der Waals surface area (Å²) in [5.74, 6) is 1.70. The predicted molar refractivity (Wildman–Crippen MR) is 120 cm³/mol. The zero-order valence-corrected chi connectivity index (χ0v) is 19.5. The molecule has 158 valence electrons. The fourth-order valence-corrected chi connectivity index (χ4v) is 3.65. The van der Waals surface area contributed by atoms with Crippen LogP contribution in [-0.4, -0.2) is 49.4 Å². The van der Waals surface area contributed by atoms with E-state index < -0.39 is 0 Å². The molecule has 3 rings (SSSR count). The summed E-state index contributed by atoms with van der Waals surface area (Å²) in [5.41, 5.74) is 1.48. The molecule has 0 radical (unpaired) electrons. The molecular formula is C20H32FIN4O2. The Labute approximate surface area is 184 Å². The Balaban J connectivity index is 0.00000280. The van der Waals surface area contributed by atoms with Gasteiger partial charge in [0.05, 0.1) is 13.2 Å². The fraction of sp³-hybridized carbons (Fsp3) is 0.650. The van der Waals surface area contributed by atoms with Crippen LogP contribution in [0.2, 0.25) is 0 Å². The average molecular weight is 506 g/mol. The highest BCUT2D eigenvalue weighted by Gasteiger charge is 2.31. The van der Waals surface area contributed by atoms with Crippen LogP contribution in [0.15, 0.2) is 17.1 Å². The topological polar surface area (TPSA) is 58.1 Å². The van der Waals surface area contributed by atoms with Crippen LogP contribution in [0, 0.1) is 11.7 Å². The van der Waals surface area contributed by atoms with Gasteiger partial charge in [-0.2, -0.15) is 0 Å². The predicted octanol–water partition coefficient (Wildman–Crippen LogP) is 3.09. The zero-order chi connectivity index (χ0) is 19.4. The van der Waals surface area contributed by atoms with Crippen molar-refractivity contribution in [3.05, 3.63) is 29.1 Å². The number of benzene rings is 1. The Kier molecular flexibility index (Phi) is 8.76. The molecule has 0 aliphatic carbocycles. The summed E-state index contributed by atoms with van der Waals surface area (Å²) in [7, 11) is 0. The molecule has 0 aromatic heterocycles. The van der Waals surface area contributed by atoms with Crippen LogP contribution in [0.3, 0.4) is 0 Å². The minimum atomic E-state index is -0.289. The standard InChI is InChI=1S/C20H31FN4O2.HI/c1-5-22-20(24-18-10-25(13(2)3)9-14(18)4)23-8-15-6-17(21)7-16-11-26-12-27-19(15)16;/h6-7,13-14,18H,5,8-12H2,1-4H3,(H2,22,23,24);1H. The molecule has 2 atom stereocenters. The van der Waals surface area contributed by atoms with E-state index in [2.05, 4.69) is 41.3 Å². The highest BCUT2D eigenvalue weighted by molar-refractivity contribution is 14.0. The maximum atomic E-state index is 13.9. The van der Waals surface area contributed by atoms with Gasteiger partial charge in [0.2, 0.25) is 0 Å². The van der Waals surface area contributed by atoms with E-state index in [4.69, 9.17) is 9.47 Å². The van der Waals surface area contributed by atoms with E-state index in [1.54, 1.807) is 0 Å². The van der Waals surface area contributed by atoms with Crippen LogP contribution < -0.4 is 15.4 Å². The molecule has 2 aliphatic heterocycles. The van der Waals surface area contributed by atoms with Crippen molar-refractivity contribution in [1.82, 2.24) is 15.5 Å². The maximum absolute atomic E-state index is 13.9. The lowest BCUT2D eigenvalue weighted by Gasteiger charge is -2.22. The second kappa shape index (κ2) is 10.6. The van der Waals surface area contributed by atoms with Crippen molar-refractivity contribution < 1.29 is 13.9 Å². The Morgan fingerprint density at radius 1 is 1.36 bits per heavy atom. The first-order valence-corrected chi connectivity index (χ1v) is 9.78. The van der Waals surface area contributed by atoms with Gasteiger partial charge in [-0.3, -0.25) is 4.90 Å². The molecule has 6 nitrogen and oxygen atoms in total.